The first-order chi connectivity index (χ1) is 10.6. The highest BCUT2D eigenvalue weighted by Gasteiger charge is 2.13. The van der Waals surface area contributed by atoms with Gasteiger partial charge >= 0.3 is 0 Å². The SMILES string of the molecule is CC(O)c1ccc2ccccc2c1OCc1ccc(F)cc1. The van der Waals surface area contributed by atoms with Crippen molar-refractivity contribution < 1.29 is 14.2 Å². The van der Waals surface area contributed by atoms with Gasteiger partial charge in [-0.3, -0.25) is 0 Å². The lowest BCUT2D eigenvalue weighted by molar-refractivity contribution is 0.191. The highest BCUT2D eigenvalue weighted by atomic mass is 19.1. The molecule has 1 atom stereocenters. The third-order valence-corrected chi connectivity index (χ3v) is 3.66. The van der Waals surface area contributed by atoms with Crippen LogP contribution >= 0.6 is 0 Å². The largest absolute Gasteiger partial charge is 0.488 e. The van der Waals surface area contributed by atoms with E-state index < -0.39 is 6.10 Å². The second kappa shape index (κ2) is 6.16. The van der Waals surface area contributed by atoms with Crippen molar-refractivity contribution in [2.75, 3.05) is 0 Å². The molecule has 2 nitrogen and oxygen atoms in total. The zero-order chi connectivity index (χ0) is 15.5. The van der Waals surface area contributed by atoms with E-state index in [9.17, 15) is 9.50 Å². The number of hydrogen-bond acceptors (Lipinski definition) is 2. The summed E-state index contributed by atoms with van der Waals surface area (Å²) in [6.45, 7) is 2.04. The van der Waals surface area contributed by atoms with Crippen molar-refractivity contribution in [3.63, 3.8) is 0 Å². The Morgan fingerprint density at radius 2 is 1.73 bits per heavy atom. The van der Waals surface area contributed by atoms with Gasteiger partial charge in [0, 0.05) is 10.9 Å². The molecule has 3 rings (SSSR count). The lowest BCUT2D eigenvalue weighted by atomic mass is 10.0. The summed E-state index contributed by atoms with van der Waals surface area (Å²) >= 11 is 0. The van der Waals surface area contributed by atoms with Gasteiger partial charge in [-0.25, -0.2) is 4.39 Å². The molecule has 0 aliphatic carbocycles. The molecule has 22 heavy (non-hydrogen) atoms. The number of hydrogen-bond donors (Lipinski definition) is 1. The number of benzene rings is 3. The predicted molar refractivity (Wildman–Crippen MR) is 85.3 cm³/mol. The Kier molecular flexibility index (Phi) is 4.07. The smallest absolute Gasteiger partial charge is 0.133 e. The molecule has 0 aliphatic rings. The Morgan fingerprint density at radius 3 is 2.45 bits per heavy atom. The monoisotopic (exact) mass is 296 g/mol. The summed E-state index contributed by atoms with van der Waals surface area (Å²) in [4.78, 5) is 0. The first-order valence-electron chi connectivity index (χ1n) is 7.22. The molecule has 3 heteroatoms. The van der Waals surface area contributed by atoms with Crippen LogP contribution in [-0.2, 0) is 6.61 Å². The molecule has 0 saturated carbocycles. The van der Waals surface area contributed by atoms with E-state index in [1.165, 1.54) is 12.1 Å². The average Bonchev–Trinajstić information content (AvgIpc) is 2.53. The first-order valence-corrected chi connectivity index (χ1v) is 7.22. The van der Waals surface area contributed by atoms with Gasteiger partial charge in [-0.15, -0.1) is 0 Å². The molecule has 0 bridgehead atoms. The highest BCUT2D eigenvalue weighted by Crippen LogP contribution is 2.34. The van der Waals surface area contributed by atoms with Crippen LogP contribution in [-0.4, -0.2) is 5.11 Å². The molecule has 0 spiro atoms. The van der Waals surface area contributed by atoms with E-state index in [0.29, 0.717) is 12.4 Å². The summed E-state index contributed by atoms with van der Waals surface area (Å²) < 4.78 is 18.9. The van der Waals surface area contributed by atoms with Gasteiger partial charge in [-0.05, 0) is 30.0 Å². The number of aliphatic hydroxyl groups excluding tert-OH is 1. The third kappa shape index (κ3) is 2.95. The fraction of sp³-hybridized carbons (Fsp3) is 0.158. The Morgan fingerprint density at radius 1 is 1.00 bits per heavy atom. The molecular formula is C19H17FO2. The van der Waals surface area contributed by atoms with Crippen molar-refractivity contribution in [1.82, 2.24) is 0 Å². The summed E-state index contributed by atoms with van der Waals surface area (Å²) in [7, 11) is 0. The number of rotatable bonds is 4. The minimum absolute atomic E-state index is 0.265. The molecule has 0 saturated heterocycles. The van der Waals surface area contributed by atoms with Crippen molar-refractivity contribution in [3.05, 3.63) is 77.6 Å². The molecule has 3 aromatic carbocycles. The van der Waals surface area contributed by atoms with Crippen molar-refractivity contribution in [1.29, 1.82) is 0 Å². The fourth-order valence-electron chi connectivity index (χ4n) is 2.49. The van der Waals surface area contributed by atoms with Crippen LogP contribution < -0.4 is 4.74 Å². The van der Waals surface area contributed by atoms with Crippen LogP contribution in [0, 0.1) is 5.82 Å². The fourth-order valence-corrected chi connectivity index (χ4v) is 2.49. The molecule has 0 aromatic heterocycles. The van der Waals surface area contributed by atoms with E-state index in [0.717, 1.165) is 21.9 Å². The van der Waals surface area contributed by atoms with Crippen molar-refractivity contribution in [2.24, 2.45) is 0 Å². The van der Waals surface area contributed by atoms with Crippen molar-refractivity contribution in [2.45, 2.75) is 19.6 Å². The molecule has 0 amide bonds. The summed E-state index contributed by atoms with van der Waals surface area (Å²) in [5.74, 6) is 0.413. The second-order valence-corrected chi connectivity index (χ2v) is 5.30. The van der Waals surface area contributed by atoms with E-state index in [4.69, 9.17) is 4.74 Å². The first kappa shape index (κ1) is 14.5. The van der Waals surface area contributed by atoms with E-state index >= 15 is 0 Å². The normalized spacial score (nSPS) is 12.3. The van der Waals surface area contributed by atoms with Gasteiger partial charge in [0.05, 0.1) is 6.10 Å². The third-order valence-electron chi connectivity index (χ3n) is 3.66. The van der Waals surface area contributed by atoms with E-state index in [1.54, 1.807) is 19.1 Å². The van der Waals surface area contributed by atoms with Gasteiger partial charge in [0.25, 0.3) is 0 Å². The minimum atomic E-state index is -0.618. The Labute approximate surface area is 128 Å². The van der Waals surface area contributed by atoms with E-state index in [-0.39, 0.29) is 5.82 Å². The minimum Gasteiger partial charge on any atom is -0.488 e. The second-order valence-electron chi connectivity index (χ2n) is 5.30. The van der Waals surface area contributed by atoms with Crippen LogP contribution in [0.15, 0.2) is 60.7 Å². The quantitative estimate of drug-likeness (QED) is 0.761. The van der Waals surface area contributed by atoms with Crippen LogP contribution in [0.3, 0.4) is 0 Å². The Bertz CT molecular complexity index is 779. The number of fused-ring (bicyclic) bond motifs is 1. The predicted octanol–water partition coefficient (Wildman–Crippen LogP) is 4.61. The molecule has 1 N–H and O–H groups in total. The maximum Gasteiger partial charge on any atom is 0.133 e. The molecular weight excluding hydrogens is 279 g/mol. The molecule has 112 valence electrons. The lowest BCUT2D eigenvalue weighted by Gasteiger charge is -2.16. The zero-order valence-corrected chi connectivity index (χ0v) is 12.3. The molecule has 0 fully saturated rings. The lowest BCUT2D eigenvalue weighted by Crippen LogP contribution is -2.02. The van der Waals surface area contributed by atoms with Gasteiger partial charge < -0.3 is 9.84 Å². The Balaban J connectivity index is 1.97. The molecule has 0 radical (unpaired) electrons. The van der Waals surface area contributed by atoms with Crippen LogP contribution in [0.1, 0.15) is 24.2 Å². The summed E-state index contributed by atoms with van der Waals surface area (Å²) in [5.41, 5.74) is 1.63. The standard InChI is InChI=1S/C19H17FO2/c1-13(21)17-11-8-15-4-2-3-5-18(15)19(17)22-12-14-6-9-16(20)10-7-14/h2-11,13,21H,12H2,1H3. The summed E-state index contributed by atoms with van der Waals surface area (Å²) in [6.07, 6.45) is -0.618. The van der Waals surface area contributed by atoms with Crippen LogP contribution in [0.4, 0.5) is 4.39 Å². The van der Waals surface area contributed by atoms with Gasteiger partial charge in [0.1, 0.15) is 18.2 Å². The Hall–Kier alpha value is -2.39. The van der Waals surface area contributed by atoms with E-state index in [1.807, 2.05) is 36.4 Å². The van der Waals surface area contributed by atoms with Crippen molar-refractivity contribution >= 4 is 10.8 Å². The summed E-state index contributed by atoms with van der Waals surface area (Å²) in [5, 5.41) is 12.0. The highest BCUT2D eigenvalue weighted by molar-refractivity contribution is 5.89. The maximum atomic E-state index is 13.0. The molecule has 0 aliphatic heterocycles. The average molecular weight is 296 g/mol. The van der Waals surface area contributed by atoms with Gasteiger partial charge in [0.2, 0.25) is 0 Å². The number of ether oxygens (including phenoxy) is 1. The molecule has 1 unspecified atom stereocenters. The maximum absolute atomic E-state index is 13.0. The number of halogens is 1. The van der Waals surface area contributed by atoms with Gasteiger partial charge in [-0.2, -0.15) is 0 Å². The van der Waals surface area contributed by atoms with Crippen LogP contribution in [0.2, 0.25) is 0 Å². The van der Waals surface area contributed by atoms with Crippen LogP contribution in [0.25, 0.3) is 10.8 Å². The van der Waals surface area contributed by atoms with E-state index in [2.05, 4.69) is 0 Å². The van der Waals surface area contributed by atoms with Crippen molar-refractivity contribution in [3.8, 4) is 5.75 Å². The zero-order valence-electron chi connectivity index (χ0n) is 12.3. The molecule has 3 aromatic rings. The van der Waals surface area contributed by atoms with Gasteiger partial charge in [0.15, 0.2) is 0 Å². The van der Waals surface area contributed by atoms with Crippen LogP contribution in [0.5, 0.6) is 5.75 Å². The van der Waals surface area contributed by atoms with Gasteiger partial charge in [-0.1, -0.05) is 48.5 Å². The summed E-state index contributed by atoms with van der Waals surface area (Å²) in [6, 6.07) is 18.0. The number of aliphatic hydroxyl groups is 1. The molecule has 0 heterocycles. The topological polar surface area (TPSA) is 29.5 Å².